The van der Waals surface area contributed by atoms with Crippen LogP contribution in [0.2, 0.25) is 0 Å². The van der Waals surface area contributed by atoms with Crippen LogP contribution < -0.4 is 10.6 Å². The van der Waals surface area contributed by atoms with Gasteiger partial charge in [-0.05, 0) is 43.7 Å². The molecule has 1 heterocycles. The van der Waals surface area contributed by atoms with Crippen molar-refractivity contribution in [1.29, 1.82) is 0 Å². The van der Waals surface area contributed by atoms with E-state index in [-0.39, 0.29) is 5.69 Å². The molecule has 1 atom stereocenters. The largest absolute Gasteiger partial charge is 0.416 e. The van der Waals surface area contributed by atoms with Crippen LogP contribution in [0.25, 0.3) is 0 Å². The molecule has 0 radical (unpaired) electrons. The molecule has 0 bridgehead atoms. The van der Waals surface area contributed by atoms with Gasteiger partial charge in [0.25, 0.3) is 5.91 Å². The molecule has 0 aromatic heterocycles. The quantitative estimate of drug-likeness (QED) is 0.766. The van der Waals surface area contributed by atoms with Crippen LogP contribution >= 0.6 is 0 Å². The smallest absolute Gasteiger partial charge is 0.325 e. The first-order valence-electron chi connectivity index (χ1n) is 8.69. The number of hydrogen-bond donors (Lipinski definition) is 2. The maximum absolute atomic E-state index is 12.8. The van der Waals surface area contributed by atoms with Crippen molar-refractivity contribution in [2.45, 2.75) is 25.6 Å². The molecule has 4 amide bonds. The normalized spacial score (nSPS) is 19.3. The zero-order chi connectivity index (χ0) is 21.4. The Morgan fingerprint density at radius 2 is 1.66 bits per heavy atom. The van der Waals surface area contributed by atoms with Gasteiger partial charge in [-0.1, -0.05) is 29.8 Å². The van der Waals surface area contributed by atoms with E-state index in [9.17, 15) is 27.6 Å². The SMILES string of the molecule is Cc1ccc([C@]2(C)NC(=O)N(CC(=O)Nc3ccc(C(F)(F)F)cc3)C2=O)cc1. The Balaban J connectivity index is 1.69. The van der Waals surface area contributed by atoms with Gasteiger partial charge in [0.15, 0.2) is 0 Å². The molecule has 0 saturated carbocycles. The summed E-state index contributed by atoms with van der Waals surface area (Å²) in [6.45, 7) is 2.87. The lowest BCUT2D eigenvalue weighted by molar-refractivity contribution is -0.137. The van der Waals surface area contributed by atoms with Crippen molar-refractivity contribution in [2.75, 3.05) is 11.9 Å². The summed E-state index contributed by atoms with van der Waals surface area (Å²) in [7, 11) is 0. The number of hydrogen-bond acceptors (Lipinski definition) is 3. The highest BCUT2D eigenvalue weighted by molar-refractivity contribution is 6.10. The summed E-state index contributed by atoms with van der Waals surface area (Å²) in [6.07, 6.45) is -4.48. The molecule has 1 aliphatic rings. The standard InChI is InChI=1S/C20H18F3N3O3/c1-12-3-5-13(6-4-12)19(2)17(28)26(18(29)25-19)11-16(27)24-15-9-7-14(8-10-15)20(21,22)23/h3-10H,11H2,1-2H3,(H,24,27)(H,25,29)/t19-/m0/s1. The molecule has 9 heteroatoms. The Bertz CT molecular complexity index is 956. The number of benzene rings is 2. The minimum absolute atomic E-state index is 0.122. The molecular weight excluding hydrogens is 387 g/mol. The number of rotatable bonds is 4. The molecule has 0 spiro atoms. The van der Waals surface area contributed by atoms with Gasteiger partial charge in [0.05, 0.1) is 5.56 Å². The molecule has 152 valence electrons. The number of imide groups is 1. The van der Waals surface area contributed by atoms with E-state index in [1.807, 2.05) is 6.92 Å². The number of amides is 4. The Hall–Kier alpha value is -3.36. The van der Waals surface area contributed by atoms with Crippen LogP contribution in [-0.2, 0) is 21.3 Å². The number of carbonyl (C=O) groups excluding carboxylic acids is 3. The van der Waals surface area contributed by atoms with Gasteiger partial charge in [-0.3, -0.25) is 14.5 Å². The summed E-state index contributed by atoms with van der Waals surface area (Å²) in [4.78, 5) is 38.1. The molecule has 1 saturated heterocycles. The number of anilines is 1. The van der Waals surface area contributed by atoms with Crippen LogP contribution in [0.5, 0.6) is 0 Å². The van der Waals surface area contributed by atoms with Crippen molar-refractivity contribution < 1.29 is 27.6 Å². The molecule has 1 fully saturated rings. The number of alkyl halides is 3. The van der Waals surface area contributed by atoms with Gasteiger partial charge in [0.1, 0.15) is 12.1 Å². The van der Waals surface area contributed by atoms with Crippen molar-refractivity contribution in [1.82, 2.24) is 10.2 Å². The molecule has 0 unspecified atom stereocenters. The number of urea groups is 1. The molecule has 0 aliphatic carbocycles. The predicted molar refractivity (Wildman–Crippen MR) is 98.8 cm³/mol. The average Bonchev–Trinajstić information content (AvgIpc) is 2.86. The van der Waals surface area contributed by atoms with Gasteiger partial charge in [0, 0.05) is 5.69 Å². The highest BCUT2D eigenvalue weighted by Gasteiger charge is 2.49. The second-order valence-corrected chi connectivity index (χ2v) is 6.94. The van der Waals surface area contributed by atoms with Crippen LogP contribution in [-0.4, -0.2) is 29.3 Å². The number of carbonyl (C=O) groups is 3. The lowest BCUT2D eigenvalue weighted by Crippen LogP contribution is -2.42. The molecule has 2 aromatic carbocycles. The first-order valence-corrected chi connectivity index (χ1v) is 8.69. The van der Waals surface area contributed by atoms with Crippen molar-refractivity contribution in [3.8, 4) is 0 Å². The Morgan fingerprint density at radius 1 is 1.07 bits per heavy atom. The number of nitrogens with zero attached hydrogens (tertiary/aromatic N) is 1. The fourth-order valence-electron chi connectivity index (χ4n) is 3.01. The first-order chi connectivity index (χ1) is 13.5. The Labute approximate surface area is 164 Å². The van der Waals surface area contributed by atoms with Gasteiger partial charge in [-0.25, -0.2) is 4.79 Å². The highest BCUT2D eigenvalue weighted by atomic mass is 19.4. The van der Waals surface area contributed by atoms with Crippen molar-refractivity contribution in [2.24, 2.45) is 0 Å². The van der Waals surface area contributed by atoms with E-state index in [4.69, 9.17) is 0 Å². The van der Waals surface area contributed by atoms with E-state index in [2.05, 4.69) is 10.6 Å². The lowest BCUT2D eigenvalue weighted by atomic mass is 9.91. The van der Waals surface area contributed by atoms with Gasteiger partial charge >= 0.3 is 12.2 Å². The molecule has 2 aromatic rings. The van der Waals surface area contributed by atoms with E-state index in [0.29, 0.717) is 5.56 Å². The van der Waals surface area contributed by atoms with Crippen LogP contribution in [0.15, 0.2) is 48.5 Å². The second-order valence-electron chi connectivity index (χ2n) is 6.94. The van der Waals surface area contributed by atoms with Crippen molar-refractivity contribution >= 4 is 23.5 Å². The fourth-order valence-corrected chi connectivity index (χ4v) is 3.01. The third-order valence-electron chi connectivity index (χ3n) is 4.70. The topological polar surface area (TPSA) is 78.5 Å². The summed E-state index contributed by atoms with van der Waals surface area (Å²) in [6, 6.07) is 10.2. The zero-order valence-corrected chi connectivity index (χ0v) is 15.6. The minimum atomic E-state index is -4.48. The third-order valence-corrected chi connectivity index (χ3v) is 4.70. The van der Waals surface area contributed by atoms with E-state index < -0.39 is 41.7 Å². The third kappa shape index (κ3) is 4.08. The molecule has 1 aliphatic heterocycles. The Morgan fingerprint density at radius 3 is 2.21 bits per heavy atom. The zero-order valence-electron chi connectivity index (χ0n) is 15.6. The lowest BCUT2D eigenvalue weighted by Gasteiger charge is -2.22. The van der Waals surface area contributed by atoms with Crippen LogP contribution in [0, 0.1) is 6.92 Å². The molecule has 3 rings (SSSR count). The van der Waals surface area contributed by atoms with E-state index >= 15 is 0 Å². The van der Waals surface area contributed by atoms with Gasteiger partial charge < -0.3 is 10.6 Å². The average molecular weight is 405 g/mol. The van der Waals surface area contributed by atoms with Gasteiger partial charge in [-0.15, -0.1) is 0 Å². The van der Waals surface area contributed by atoms with Crippen LogP contribution in [0.3, 0.4) is 0 Å². The Kier molecular flexibility index (Phi) is 5.08. The summed E-state index contributed by atoms with van der Waals surface area (Å²) < 4.78 is 37.8. The van der Waals surface area contributed by atoms with E-state index in [0.717, 1.165) is 34.7 Å². The summed E-state index contributed by atoms with van der Waals surface area (Å²) in [5.74, 6) is -1.30. The van der Waals surface area contributed by atoms with Crippen LogP contribution in [0.1, 0.15) is 23.6 Å². The monoisotopic (exact) mass is 405 g/mol. The van der Waals surface area contributed by atoms with Gasteiger partial charge in [-0.2, -0.15) is 13.2 Å². The van der Waals surface area contributed by atoms with Crippen LogP contribution in [0.4, 0.5) is 23.7 Å². The number of nitrogens with one attached hydrogen (secondary N) is 2. The summed E-state index contributed by atoms with van der Waals surface area (Å²) in [5.41, 5.74) is -0.469. The van der Waals surface area contributed by atoms with E-state index in [1.54, 1.807) is 31.2 Å². The molecular formula is C20H18F3N3O3. The molecule has 6 nitrogen and oxygen atoms in total. The van der Waals surface area contributed by atoms with Crippen molar-refractivity contribution in [3.05, 3.63) is 65.2 Å². The summed E-state index contributed by atoms with van der Waals surface area (Å²) in [5, 5.41) is 4.97. The maximum atomic E-state index is 12.8. The van der Waals surface area contributed by atoms with E-state index in [1.165, 1.54) is 0 Å². The number of aryl methyl sites for hydroxylation is 1. The fraction of sp³-hybridized carbons (Fsp3) is 0.250. The number of halogens is 3. The summed E-state index contributed by atoms with van der Waals surface area (Å²) >= 11 is 0. The van der Waals surface area contributed by atoms with Gasteiger partial charge in [0.2, 0.25) is 5.91 Å². The predicted octanol–water partition coefficient (Wildman–Crippen LogP) is 3.42. The molecule has 29 heavy (non-hydrogen) atoms. The maximum Gasteiger partial charge on any atom is 0.416 e. The second kappa shape index (κ2) is 7.23. The first kappa shape index (κ1) is 20.4. The van der Waals surface area contributed by atoms with Crippen molar-refractivity contribution in [3.63, 3.8) is 0 Å². The molecule has 2 N–H and O–H groups in total. The minimum Gasteiger partial charge on any atom is -0.325 e. The highest BCUT2D eigenvalue weighted by Crippen LogP contribution is 2.30.